The van der Waals surface area contributed by atoms with Crippen molar-refractivity contribution in [3.05, 3.63) is 66.0 Å². The normalized spacial score (nSPS) is 10.9. The number of benzene rings is 1. The van der Waals surface area contributed by atoms with Crippen molar-refractivity contribution in [2.45, 2.75) is 6.92 Å². The first-order chi connectivity index (χ1) is 10.7. The molecule has 1 aromatic heterocycles. The minimum atomic E-state index is -0.968. The Hall–Kier alpha value is -3.02. The van der Waals surface area contributed by atoms with E-state index in [0.717, 1.165) is 11.1 Å². The van der Waals surface area contributed by atoms with E-state index in [-0.39, 0.29) is 6.61 Å². The van der Waals surface area contributed by atoms with Crippen LogP contribution < -0.4 is 5.43 Å². The van der Waals surface area contributed by atoms with Crippen molar-refractivity contribution in [2.24, 2.45) is 5.10 Å². The quantitative estimate of drug-likeness (QED) is 0.401. The van der Waals surface area contributed by atoms with Gasteiger partial charge in [0.1, 0.15) is 0 Å². The van der Waals surface area contributed by atoms with E-state index in [4.69, 9.17) is 0 Å². The molecule has 0 aliphatic carbocycles. The number of hydrogen-bond donors (Lipinski definition) is 1. The van der Waals surface area contributed by atoms with Crippen LogP contribution in [0.15, 0.2) is 60.0 Å². The topological polar surface area (TPSA) is 80.7 Å². The minimum Gasteiger partial charge on any atom is -0.459 e. The molecule has 0 saturated carbocycles. The van der Waals surface area contributed by atoms with E-state index in [2.05, 4.69) is 20.2 Å². The number of carbonyl (C=O) groups excluding carboxylic acids is 2. The highest BCUT2D eigenvalue weighted by Gasteiger charge is 2.15. The molecule has 1 N–H and O–H groups in total. The summed E-state index contributed by atoms with van der Waals surface area (Å²) in [5.41, 5.74) is 4.23. The van der Waals surface area contributed by atoms with Gasteiger partial charge in [-0.05, 0) is 19.1 Å². The van der Waals surface area contributed by atoms with Gasteiger partial charge in [-0.2, -0.15) is 5.10 Å². The number of hydrogen-bond acceptors (Lipinski definition) is 5. The summed E-state index contributed by atoms with van der Waals surface area (Å²) in [4.78, 5) is 26.9. The van der Waals surface area contributed by atoms with E-state index in [1.54, 1.807) is 25.4 Å². The molecule has 1 amide bonds. The van der Waals surface area contributed by atoms with Crippen LogP contribution >= 0.6 is 0 Å². The van der Waals surface area contributed by atoms with Crippen LogP contribution in [-0.4, -0.2) is 29.2 Å². The molecule has 1 aromatic carbocycles. The van der Waals surface area contributed by atoms with Crippen molar-refractivity contribution < 1.29 is 14.3 Å². The molecule has 112 valence electrons. The standard InChI is InChI=1S/C16H15N3O3/c1-2-22-16(21)15(20)19-18-14(12-7-4-3-5-8-12)13-9-6-10-17-11-13/h3-11H,2H2,1H3,(H,19,20). The van der Waals surface area contributed by atoms with E-state index in [0.29, 0.717) is 5.71 Å². The van der Waals surface area contributed by atoms with Crippen LogP contribution in [0.25, 0.3) is 0 Å². The number of nitrogens with one attached hydrogen (secondary N) is 1. The van der Waals surface area contributed by atoms with Gasteiger partial charge in [-0.25, -0.2) is 10.2 Å². The Labute approximate surface area is 127 Å². The van der Waals surface area contributed by atoms with Crippen molar-refractivity contribution in [1.29, 1.82) is 0 Å². The van der Waals surface area contributed by atoms with Gasteiger partial charge in [0.05, 0.1) is 12.3 Å². The summed E-state index contributed by atoms with van der Waals surface area (Å²) in [6.07, 6.45) is 3.27. The molecule has 1 heterocycles. The molecule has 0 saturated heterocycles. The van der Waals surface area contributed by atoms with Crippen molar-refractivity contribution in [3.8, 4) is 0 Å². The molecule has 0 fully saturated rings. The predicted octanol–water partition coefficient (Wildman–Crippen LogP) is 1.51. The highest BCUT2D eigenvalue weighted by molar-refractivity contribution is 6.32. The smallest absolute Gasteiger partial charge is 0.398 e. The fourth-order valence-corrected chi connectivity index (χ4v) is 1.74. The number of pyridine rings is 1. The van der Waals surface area contributed by atoms with Crippen molar-refractivity contribution in [2.75, 3.05) is 6.61 Å². The summed E-state index contributed by atoms with van der Waals surface area (Å²) in [7, 11) is 0. The van der Waals surface area contributed by atoms with Gasteiger partial charge >= 0.3 is 11.9 Å². The second-order valence-electron chi connectivity index (χ2n) is 4.23. The fourth-order valence-electron chi connectivity index (χ4n) is 1.74. The lowest BCUT2D eigenvalue weighted by molar-refractivity contribution is -0.154. The first kappa shape index (κ1) is 15.4. The van der Waals surface area contributed by atoms with Crippen LogP contribution in [0.5, 0.6) is 0 Å². The lowest BCUT2D eigenvalue weighted by Gasteiger charge is -2.07. The number of hydrazone groups is 1. The van der Waals surface area contributed by atoms with Crippen molar-refractivity contribution in [1.82, 2.24) is 10.4 Å². The summed E-state index contributed by atoms with van der Waals surface area (Å²) < 4.78 is 4.61. The third kappa shape index (κ3) is 3.99. The Balaban J connectivity index is 2.28. The predicted molar refractivity (Wildman–Crippen MR) is 81.1 cm³/mol. The van der Waals surface area contributed by atoms with E-state index in [1.165, 1.54) is 0 Å². The van der Waals surface area contributed by atoms with Crippen LogP contribution in [0.1, 0.15) is 18.1 Å². The van der Waals surface area contributed by atoms with Gasteiger partial charge in [0, 0.05) is 23.5 Å². The fraction of sp³-hybridized carbons (Fsp3) is 0.125. The highest BCUT2D eigenvalue weighted by atomic mass is 16.5. The minimum absolute atomic E-state index is 0.129. The average Bonchev–Trinajstić information content (AvgIpc) is 2.57. The number of esters is 1. The summed E-state index contributed by atoms with van der Waals surface area (Å²) in [6.45, 7) is 1.75. The number of amides is 1. The van der Waals surface area contributed by atoms with Gasteiger partial charge in [0.25, 0.3) is 0 Å². The second kappa shape index (κ2) is 7.68. The summed E-state index contributed by atoms with van der Waals surface area (Å²) >= 11 is 0. The maximum absolute atomic E-state index is 11.6. The Morgan fingerprint density at radius 2 is 1.86 bits per heavy atom. The SMILES string of the molecule is CCOC(=O)C(=O)NN=C(c1ccccc1)c1cccnc1. The zero-order valence-corrected chi connectivity index (χ0v) is 12.0. The maximum atomic E-state index is 11.6. The first-order valence-electron chi connectivity index (χ1n) is 6.73. The molecular weight excluding hydrogens is 282 g/mol. The van der Waals surface area contributed by atoms with E-state index >= 15 is 0 Å². The van der Waals surface area contributed by atoms with Crippen LogP contribution in [0, 0.1) is 0 Å². The van der Waals surface area contributed by atoms with Crippen molar-refractivity contribution in [3.63, 3.8) is 0 Å². The highest BCUT2D eigenvalue weighted by Crippen LogP contribution is 2.09. The van der Waals surface area contributed by atoms with Crippen LogP contribution in [0.3, 0.4) is 0 Å². The molecule has 2 rings (SSSR count). The largest absolute Gasteiger partial charge is 0.459 e. The number of nitrogens with zero attached hydrogens (tertiary/aromatic N) is 2. The zero-order chi connectivity index (χ0) is 15.8. The van der Waals surface area contributed by atoms with Crippen LogP contribution in [-0.2, 0) is 14.3 Å². The lowest BCUT2D eigenvalue weighted by Crippen LogP contribution is -2.30. The monoisotopic (exact) mass is 297 g/mol. The Kier molecular flexibility index (Phi) is 5.37. The molecule has 0 radical (unpaired) electrons. The molecule has 6 heteroatoms. The summed E-state index contributed by atoms with van der Waals surface area (Å²) in [5.74, 6) is -1.89. The van der Waals surface area contributed by atoms with Gasteiger partial charge in [0.15, 0.2) is 0 Å². The molecule has 22 heavy (non-hydrogen) atoms. The van der Waals surface area contributed by atoms with Gasteiger partial charge < -0.3 is 4.74 Å². The van der Waals surface area contributed by atoms with Crippen molar-refractivity contribution >= 4 is 17.6 Å². The van der Waals surface area contributed by atoms with Crippen LogP contribution in [0.2, 0.25) is 0 Å². The molecule has 6 nitrogen and oxygen atoms in total. The number of aromatic nitrogens is 1. The lowest BCUT2D eigenvalue weighted by atomic mass is 10.0. The van der Waals surface area contributed by atoms with E-state index < -0.39 is 11.9 Å². The van der Waals surface area contributed by atoms with Gasteiger partial charge in [-0.15, -0.1) is 0 Å². The molecule has 0 aliphatic rings. The van der Waals surface area contributed by atoms with Crippen LogP contribution in [0.4, 0.5) is 0 Å². The van der Waals surface area contributed by atoms with E-state index in [1.807, 2.05) is 36.4 Å². The Morgan fingerprint density at radius 3 is 2.50 bits per heavy atom. The van der Waals surface area contributed by atoms with E-state index in [9.17, 15) is 9.59 Å². The Morgan fingerprint density at radius 1 is 1.14 bits per heavy atom. The Bertz CT molecular complexity index is 628. The summed E-state index contributed by atoms with van der Waals surface area (Å²) in [6, 6.07) is 12.9. The number of ether oxygens (including phenoxy) is 1. The molecule has 0 atom stereocenters. The molecule has 0 aliphatic heterocycles. The zero-order valence-electron chi connectivity index (χ0n) is 12.0. The number of carbonyl (C=O) groups is 2. The summed E-state index contributed by atoms with van der Waals surface area (Å²) in [5, 5.41) is 4.04. The molecule has 0 spiro atoms. The van der Waals surface area contributed by atoms with Gasteiger partial charge in [0.2, 0.25) is 0 Å². The average molecular weight is 297 g/mol. The second-order valence-corrected chi connectivity index (χ2v) is 4.23. The molecule has 0 unspecified atom stereocenters. The maximum Gasteiger partial charge on any atom is 0.398 e. The first-order valence-corrected chi connectivity index (χ1v) is 6.73. The number of rotatable bonds is 4. The molecular formula is C16H15N3O3. The molecule has 2 aromatic rings. The molecule has 0 bridgehead atoms. The van der Waals surface area contributed by atoms with Gasteiger partial charge in [-0.3, -0.25) is 9.78 Å². The van der Waals surface area contributed by atoms with Gasteiger partial charge in [-0.1, -0.05) is 30.3 Å². The third-order valence-electron chi connectivity index (χ3n) is 2.71. The third-order valence-corrected chi connectivity index (χ3v) is 2.71.